The van der Waals surface area contributed by atoms with Crippen molar-refractivity contribution in [3.8, 4) is 0 Å². The van der Waals surface area contributed by atoms with E-state index < -0.39 is 5.92 Å². The van der Waals surface area contributed by atoms with E-state index in [2.05, 4.69) is 6.92 Å². The molecule has 0 heterocycles. The fourth-order valence-electron chi connectivity index (χ4n) is 2.40. The molecule has 1 atom stereocenters. The first-order chi connectivity index (χ1) is 9.06. The molecule has 0 spiro atoms. The Morgan fingerprint density at radius 3 is 2.16 bits per heavy atom. The van der Waals surface area contributed by atoms with Gasteiger partial charge >= 0.3 is 0 Å². The fraction of sp³-hybridized carbons (Fsp3) is 0.412. The van der Waals surface area contributed by atoms with Gasteiger partial charge in [0.2, 0.25) is 0 Å². The van der Waals surface area contributed by atoms with Crippen LogP contribution in [0.1, 0.15) is 39.2 Å². The Labute approximate surface area is 115 Å². The molecule has 0 bridgehead atoms. The number of carbonyl (C=O) groups is 2. The van der Waals surface area contributed by atoms with Gasteiger partial charge in [0.15, 0.2) is 0 Å². The molecule has 0 aromatic heterocycles. The maximum atomic E-state index is 11.7. The van der Waals surface area contributed by atoms with E-state index in [9.17, 15) is 9.59 Å². The molecule has 0 aliphatic rings. The minimum atomic E-state index is -0.500. The van der Waals surface area contributed by atoms with Gasteiger partial charge in [-0.25, -0.2) is 0 Å². The highest BCUT2D eigenvalue weighted by Gasteiger charge is 2.27. The Balaban J connectivity index is 2.91. The molecule has 1 aromatic carbocycles. The molecule has 1 aromatic rings. The molecule has 2 nitrogen and oxygen atoms in total. The van der Waals surface area contributed by atoms with Crippen LogP contribution in [0, 0.1) is 11.8 Å². The third-order valence-corrected chi connectivity index (χ3v) is 3.26. The van der Waals surface area contributed by atoms with Crippen LogP contribution in [0.15, 0.2) is 36.4 Å². The zero-order valence-electron chi connectivity index (χ0n) is 11.9. The highest BCUT2D eigenvalue weighted by Crippen LogP contribution is 2.22. The van der Waals surface area contributed by atoms with Crippen molar-refractivity contribution in [2.75, 3.05) is 0 Å². The highest BCUT2D eigenvalue weighted by molar-refractivity contribution is 6.00. The number of ketones is 2. The number of allylic oxidation sites excluding steroid dienone is 1. The number of rotatable bonds is 7. The van der Waals surface area contributed by atoms with Crippen LogP contribution in [-0.4, -0.2) is 11.6 Å². The Morgan fingerprint density at radius 2 is 1.68 bits per heavy atom. The lowest BCUT2D eigenvalue weighted by atomic mass is 9.82. The van der Waals surface area contributed by atoms with Crippen LogP contribution in [-0.2, 0) is 9.59 Å². The second-order valence-electron chi connectivity index (χ2n) is 4.92. The van der Waals surface area contributed by atoms with Crippen LogP contribution in [0.2, 0.25) is 0 Å². The third-order valence-electron chi connectivity index (χ3n) is 3.26. The molecule has 19 heavy (non-hydrogen) atoms. The molecule has 0 aliphatic carbocycles. The maximum Gasteiger partial charge on any atom is 0.140 e. The first-order valence-electron chi connectivity index (χ1n) is 6.80. The number of Topliss-reactive ketones (excluding diaryl/α,β-unsaturated/α-hetero) is 2. The molecule has 0 saturated heterocycles. The van der Waals surface area contributed by atoms with Crippen molar-refractivity contribution in [3.05, 3.63) is 42.0 Å². The lowest BCUT2D eigenvalue weighted by Gasteiger charge is -2.19. The van der Waals surface area contributed by atoms with Gasteiger partial charge in [-0.3, -0.25) is 9.59 Å². The van der Waals surface area contributed by atoms with E-state index in [1.54, 1.807) is 0 Å². The van der Waals surface area contributed by atoms with Crippen molar-refractivity contribution in [1.82, 2.24) is 0 Å². The summed E-state index contributed by atoms with van der Waals surface area (Å²) < 4.78 is 0. The van der Waals surface area contributed by atoms with Gasteiger partial charge in [-0.05, 0) is 31.7 Å². The van der Waals surface area contributed by atoms with Crippen LogP contribution in [0.3, 0.4) is 0 Å². The predicted molar refractivity (Wildman–Crippen MR) is 78.7 cm³/mol. The second-order valence-corrected chi connectivity index (χ2v) is 4.92. The molecule has 2 heteroatoms. The monoisotopic (exact) mass is 258 g/mol. The molecule has 0 amide bonds. The Bertz CT molecular complexity index is 432. The van der Waals surface area contributed by atoms with Crippen molar-refractivity contribution in [1.29, 1.82) is 0 Å². The average molecular weight is 258 g/mol. The van der Waals surface area contributed by atoms with Gasteiger partial charge in [0.1, 0.15) is 11.6 Å². The summed E-state index contributed by atoms with van der Waals surface area (Å²) in [7, 11) is 0. The van der Waals surface area contributed by atoms with Crippen molar-refractivity contribution >= 4 is 17.6 Å². The summed E-state index contributed by atoms with van der Waals surface area (Å²) >= 11 is 0. The molecule has 102 valence electrons. The minimum absolute atomic E-state index is 0.000191. The summed E-state index contributed by atoms with van der Waals surface area (Å²) in [6.45, 7) is 5.08. The Kier molecular flexibility index (Phi) is 6.20. The zero-order valence-corrected chi connectivity index (χ0v) is 11.9. The summed E-state index contributed by atoms with van der Waals surface area (Å²) in [5, 5.41) is 0. The van der Waals surface area contributed by atoms with Crippen LogP contribution >= 0.6 is 0 Å². The zero-order chi connectivity index (χ0) is 14.3. The molecule has 0 saturated carbocycles. The molecule has 0 fully saturated rings. The van der Waals surface area contributed by atoms with Crippen molar-refractivity contribution < 1.29 is 9.59 Å². The lowest BCUT2D eigenvalue weighted by molar-refractivity contribution is -0.131. The molecule has 1 rings (SSSR count). The van der Waals surface area contributed by atoms with Crippen LogP contribution in [0.25, 0.3) is 6.08 Å². The largest absolute Gasteiger partial charge is 0.299 e. The lowest BCUT2D eigenvalue weighted by Crippen LogP contribution is -2.27. The second kappa shape index (κ2) is 7.67. The van der Waals surface area contributed by atoms with E-state index in [0.29, 0.717) is 0 Å². The molecule has 0 N–H and O–H groups in total. The normalized spacial score (nSPS) is 12.8. The molecular weight excluding hydrogens is 236 g/mol. The molecule has 0 radical (unpaired) electrons. The van der Waals surface area contributed by atoms with E-state index in [1.165, 1.54) is 13.8 Å². The number of hydrogen-bond donors (Lipinski definition) is 0. The Hall–Kier alpha value is -1.70. The van der Waals surface area contributed by atoms with Gasteiger partial charge in [0.25, 0.3) is 0 Å². The quantitative estimate of drug-likeness (QED) is 0.695. The van der Waals surface area contributed by atoms with E-state index in [-0.39, 0.29) is 17.5 Å². The molecule has 1 unspecified atom stereocenters. The summed E-state index contributed by atoms with van der Waals surface area (Å²) in [5.41, 5.74) is 1.09. The van der Waals surface area contributed by atoms with E-state index in [4.69, 9.17) is 0 Å². The summed E-state index contributed by atoms with van der Waals surface area (Å²) in [6, 6.07) is 9.94. The van der Waals surface area contributed by atoms with Crippen LogP contribution in [0.4, 0.5) is 0 Å². The van der Waals surface area contributed by atoms with Gasteiger partial charge in [-0.2, -0.15) is 0 Å². The van der Waals surface area contributed by atoms with Crippen LogP contribution < -0.4 is 0 Å². The third kappa shape index (κ3) is 4.82. The topological polar surface area (TPSA) is 34.1 Å². The van der Waals surface area contributed by atoms with Gasteiger partial charge in [0.05, 0.1) is 5.92 Å². The number of hydrogen-bond acceptors (Lipinski definition) is 2. The Morgan fingerprint density at radius 1 is 1.11 bits per heavy atom. The van der Waals surface area contributed by atoms with Gasteiger partial charge in [-0.1, -0.05) is 55.8 Å². The summed E-state index contributed by atoms with van der Waals surface area (Å²) in [5.74, 6) is -0.576. The van der Waals surface area contributed by atoms with Gasteiger partial charge < -0.3 is 0 Å². The van der Waals surface area contributed by atoms with Crippen molar-refractivity contribution in [2.45, 2.75) is 33.6 Å². The molecule has 0 aliphatic heterocycles. The van der Waals surface area contributed by atoms with Gasteiger partial charge in [0, 0.05) is 0 Å². The standard InChI is InChI=1S/C17H22O2/c1-4-8-16(17(13(2)18)14(3)19)12-11-15-9-6-5-7-10-15/h5-7,9-12,16-17H,4,8H2,1-3H3/b12-11+. The van der Waals surface area contributed by atoms with Crippen LogP contribution in [0.5, 0.6) is 0 Å². The highest BCUT2D eigenvalue weighted by atomic mass is 16.1. The maximum absolute atomic E-state index is 11.7. The van der Waals surface area contributed by atoms with E-state index >= 15 is 0 Å². The van der Waals surface area contributed by atoms with Gasteiger partial charge in [-0.15, -0.1) is 0 Å². The number of benzene rings is 1. The van der Waals surface area contributed by atoms with E-state index in [0.717, 1.165) is 18.4 Å². The predicted octanol–water partition coefficient (Wildman–Crippen LogP) is 3.91. The number of carbonyl (C=O) groups excluding carboxylic acids is 2. The molecular formula is C17H22O2. The van der Waals surface area contributed by atoms with Crippen molar-refractivity contribution in [3.63, 3.8) is 0 Å². The summed E-state index contributed by atoms with van der Waals surface area (Å²) in [6.07, 6.45) is 5.82. The summed E-state index contributed by atoms with van der Waals surface area (Å²) in [4.78, 5) is 23.3. The smallest absolute Gasteiger partial charge is 0.140 e. The fourth-order valence-corrected chi connectivity index (χ4v) is 2.40. The van der Waals surface area contributed by atoms with Crippen molar-refractivity contribution in [2.24, 2.45) is 11.8 Å². The van der Waals surface area contributed by atoms with E-state index in [1.807, 2.05) is 42.5 Å². The minimum Gasteiger partial charge on any atom is -0.299 e. The first kappa shape index (κ1) is 15.4. The SMILES string of the molecule is CCCC(/C=C/c1ccccc1)C(C(C)=O)C(C)=O. The average Bonchev–Trinajstić information content (AvgIpc) is 2.36. The first-order valence-corrected chi connectivity index (χ1v) is 6.80.